The van der Waals surface area contributed by atoms with Crippen LogP contribution >= 0.6 is 27.3 Å². The van der Waals surface area contributed by atoms with Crippen LogP contribution in [-0.4, -0.2) is 55.8 Å². The molecule has 0 saturated carbocycles. The Balaban J connectivity index is 1.78. The Morgan fingerprint density at radius 2 is 2.16 bits per heavy atom. The number of rotatable bonds is 6. The Labute approximate surface area is 162 Å². The van der Waals surface area contributed by atoms with Gasteiger partial charge in [-0.25, -0.2) is 4.79 Å². The van der Waals surface area contributed by atoms with Crippen LogP contribution in [0.5, 0.6) is 0 Å². The second-order valence-electron chi connectivity index (χ2n) is 5.82. The molecule has 1 aliphatic heterocycles. The third-order valence-corrected chi connectivity index (χ3v) is 5.65. The first-order chi connectivity index (χ1) is 12.1. The van der Waals surface area contributed by atoms with Gasteiger partial charge >= 0.3 is 6.09 Å². The van der Waals surface area contributed by atoms with Gasteiger partial charge < -0.3 is 20.3 Å². The van der Waals surface area contributed by atoms with Crippen molar-refractivity contribution in [3.63, 3.8) is 0 Å². The number of amides is 1. The highest BCUT2D eigenvalue weighted by molar-refractivity contribution is 9.11. The van der Waals surface area contributed by atoms with Gasteiger partial charge in [0.25, 0.3) is 0 Å². The number of piperidine rings is 1. The Morgan fingerprint density at radius 3 is 2.76 bits per heavy atom. The lowest BCUT2D eigenvalue weighted by Crippen LogP contribution is -2.50. The molecule has 1 fully saturated rings. The molecule has 0 atom stereocenters. The number of likely N-dealkylation sites (tertiary alicyclic amines) is 1. The maximum atomic E-state index is 11.8. The third kappa shape index (κ3) is 6.86. The largest absolute Gasteiger partial charge is 0.450 e. The summed E-state index contributed by atoms with van der Waals surface area (Å²) in [5.41, 5.74) is 0. The van der Waals surface area contributed by atoms with Gasteiger partial charge in [-0.2, -0.15) is 0 Å². The molecule has 1 aromatic heterocycles. The highest BCUT2D eigenvalue weighted by atomic mass is 79.9. The molecule has 0 unspecified atom stereocenters. The minimum Gasteiger partial charge on any atom is -0.450 e. The van der Waals surface area contributed by atoms with Crippen LogP contribution in [0.2, 0.25) is 0 Å². The molecule has 0 bridgehead atoms. The predicted molar refractivity (Wildman–Crippen MR) is 106 cm³/mol. The van der Waals surface area contributed by atoms with Crippen LogP contribution in [0.4, 0.5) is 4.79 Å². The second kappa shape index (κ2) is 10.7. The van der Waals surface area contributed by atoms with E-state index in [-0.39, 0.29) is 6.09 Å². The van der Waals surface area contributed by atoms with Gasteiger partial charge in [-0.1, -0.05) is 0 Å². The summed E-state index contributed by atoms with van der Waals surface area (Å²) < 4.78 is 6.22. The number of nitrogens with one attached hydrogen (secondary N) is 2. The van der Waals surface area contributed by atoms with Crippen LogP contribution in [0.25, 0.3) is 0 Å². The fraction of sp³-hybridized carbons (Fsp3) is 0.647. The van der Waals surface area contributed by atoms with Crippen molar-refractivity contribution in [2.75, 3.05) is 32.8 Å². The van der Waals surface area contributed by atoms with Crippen LogP contribution in [0.1, 0.15) is 31.6 Å². The number of thiophene rings is 1. The molecule has 1 aromatic rings. The Hall–Kier alpha value is -1.28. The lowest BCUT2D eigenvalue weighted by Gasteiger charge is -2.32. The standard InChI is InChI=1S/C17H27BrN4O2S/c1-3-19-16(20-10-7-14-5-6-15(18)25-14)21-13-8-11-22(12-9-13)17(23)24-4-2/h5-6,13H,3-4,7-12H2,1-2H3,(H2,19,20,21). The molecule has 0 spiro atoms. The van der Waals surface area contributed by atoms with Gasteiger partial charge in [0.05, 0.1) is 10.4 Å². The third-order valence-electron chi connectivity index (χ3n) is 3.96. The van der Waals surface area contributed by atoms with E-state index in [1.165, 1.54) is 4.88 Å². The van der Waals surface area contributed by atoms with Gasteiger partial charge in [-0.15, -0.1) is 11.3 Å². The molecule has 2 N–H and O–H groups in total. The van der Waals surface area contributed by atoms with E-state index in [9.17, 15) is 4.79 Å². The fourth-order valence-corrected chi connectivity index (χ4v) is 4.17. The van der Waals surface area contributed by atoms with Crippen LogP contribution in [0.3, 0.4) is 0 Å². The first-order valence-electron chi connectivity index (χ1n) is 8.83. The summed E-state index contributed by atoms with van der Waals surface area (Å²) in [6.45, 7) is 7.35. The highest BCUT2D eigenvalue weighted by Crippen LogP contribution is 2.22. The average molecular weight is 431 g/mol. The molecule has 2 rings (SSSR count). The number of halogens is 1. The summed E-state index contributed by atoms with van der Waals surface area (Å²) in [4.78, 5) is 19.5. The van der Waals surface area contributed by atoms with E-state index in [0.29, 0.717) is 12.6 Å². The van der Waals surface area contributed by atoms with Crippen LogP contribution in [0, 0.1) is 0 Å². The number of carbonyl (C=O) groups is 1. The quantitative estimate of drug-likeness (QED) is 0.536. The molecule has 1 saturated heterocycles. The van der Waals surface area contributed by atoms with Crippen LogP contribution < -0.4 is 10.6 Å². The molecular weight excluding hydrogens is 404 g/mol. The van der Waals surface area contributed by atoms with Crippen LogP contribution in [0.15, 0.2) is 20.9 Å². The molecule has 0 aromatic carbocycles. The summed E-state index contributed by atoms with van der Waals surface area (Å²) in [5.74, 6) is 0.854. The molecule has 1 aliphatic rings. The van der Waals surface area contributed by atoms with Crippen molar-refractivity contribution in [3.05, 3.63) is 20.8 Å². The van der Waals surface area contributed by atoms with Crippen LogP contribution in [-0.2, 0) is 11.2 Å². The monoisotopic (exact) mass is 430 g/mol. The normalized spacial score (nSPS) is 16.0. The van der Waals surface area contributed by atoms with Crippen molar-refractivity contribution < 1.29 is 9.53 Å². The van der Waals surface area contributed by atoms with E-state index in [1.54, 1.807) is 16.2 Å². The topological polar surface area (TPSA) is 66.0 Å². The van der Waals surface area contributed by atoms with Crippen molar-refractivity contribution in [1.82, 2.24) is 15.5 Å². The molecular formula is C17H27BrN4O2S. The SMILES string of the molecule is CCNC(=NCCc1ccc(Br)s1)NC1CCN(C(=O)OCC)CC1. The second-order valence-corrected chi connectivity index (χ2v) is 8.37. The molecule has 140 valence electrons. The number of hydrogen-bond acceptors (Lipinski definition) is 4. The molecule has 8 heteroatoms. The Morgan fingerprint density at radius 1 is 1.40 bits per heavy atom. The smallest absolute Gasteiger partial charge is 0.409 e. The van der Waals surface area contributed by atoms with Crippen molar-refractivity contribution in [2.24, 2.45) is 4.99 Å². The highest BCUT2D eigenvalue weighted by Gasteiger charge is 2.23. The minimum atomic E-state index is -0.205. The van der Waals surface area contributed by atoms with Gasteiger partial charge in [-0.05, 0) is 54.8 Å². The zero-order valence-electron chi connectivity index (χ0n) is 14.9. The van der Waals surface area contributed by atoms with Crippen molar-refractivity contribution in [3.8, 4) is 0 Å². The number of hydrogen-bond donors (Lipinski definition) is 2. The molecule has 2 heterocycles. The van der Waals surface area contributed by atoms with E-state index in [2.05, 4.69) is 50.6 Å². The number of aliphatic imine (C=N–C) groups is 1. The maximum absolute atomic E-state index is 11.8. The van der Waals surface area contributed by atoms with Crippen molar-refractivity contribution in [1.29, 1.82) is 0 Å². The van der Waals surface area contributed by atoms with Gasteiger partial charge in [0.15, 0.2) is 5.96 Å². The predicted octanol–water partition coefficient (Wildman–Crippen LogP) is 3.23. The van der Waals surface area contributed by atoms with E-state index in [4.69, 9.17) is 4.74 Å². The number of carbonyl (C=O) groups excluding carboxylic acids is 1. The summed E-state index contributed by atoms with van der Waals surface area (Å²) in [6.07, 6.45) is 2.54. The van der Waals surface area contributed by atoms with Crippen molar-refractivity contribution >= 4 is 39.3 Å². The zero-order chi connectivity index (χ0) is 18.1. The van der Waals surface area contributed by atoms with E-state index >= 15 is 0 Å². The lowest BCUT2D eigenvalue weighted by atomic mass is 10.1. The number of guanidine groups is 1. The number of nitrogens with zero attached hydrogens (tertiary/aromatic N) is 2. The molecule has 6 nitrogen and oxygen atoms in total. The molecule has 1 amide bonds. The van der Waals surface area contributed by atoms with Gasteiger partial charge in [0, 0.05) is 43.5 Å². The first kappa shape index (κ1) is 20.0. The maximum Gasteiger partial charge on any atom is 0.409 e. The van der Waals surface area contributed by atoms with E-state index in [0.717, 1.165) is 55.2 Å². The van der Waals surface area contributed by atoms with Gasteiger partial charge in [0.2, 0.25) is 0 Å². The Bertz CT molecular complexity index is 571. The zero-order valence-corrected chi connectivity index (χ0v) is 17.3. The average Bonchev–Trinajstić information content (AvgIpc) is 3.01. The fourth-order valence-electron chi connectivity index (χ4n) is 2.70. The van der Waals surface area contributed by atoms with E-state index in [1.807, 2.05) is 6.92 Å². The van der Waals surface area contributed by atoms with Gasteiger partial charge in [0.1, 0.15) is 0 Å². The summed E-state index contributed by atoms with van der Waals surface area (Å²) in [5, 5.41) is 6.80. The van der Waals surface area contributed by atoms with E-state index < -0.39 is 0 Å². The molecule has 25 heavy (non-hydrogen) atoms. The first-order valence-corrected chi connectivity index (χ1v) is 10.4. The minimum absolute atomic E-state index is 0.205. The van der Waals surface area contributed by atoms with Crippen molar-refractivity contribution in [2.45, 2.75) is 39.2 Å². The number of ether oxygens (including phenoxy) is 1. The van der Waals surface area contributed by atoms with Gasteiger partial charge in [-0.3, -0.25) is 4.99 Å². The Kier molecular flexibility index (Phi) is 8.54. The summed E-state index contributed by atoms with van der Waals surface area (Å²) >= 11 is 5.24. The lowest BCUT2D eigenvalue weighted by molar-refractivity contribution is 0.0963. The summed E-state index contributed by atoms with van der Waals surface area (Å²) in [7, 11) is 0. The summed E-state index contributed by atoms with van der Waals surface area (Å²) in [6, 6.07) is 4.54. The molecule has 0 radical (unpaired) electrons. The molecule has 0 aliphatic carbocycles.